The number of hydrogen-bond donors (Lipinski definition) is 2. The second-order valence-corrected chi connectivity index (χ2v) is 3.88. The van der Waals surface area contributed by atoms with Crippen molar-refractivity contribution < 1.29 is 4.92 Å². The van der Waals surface area contributed by atoms with Gasteiger partial charge in [0.1, 0.15) is 5.69 Å². The summed E-state index contributed by atoms with van der Waals surface area (Å²) in [5.74, 6) is 0. The normalized spacial score (nSPS) is 9.86. The summed E-state index contributed by atoms with van der Waals surface area (Å²) in [5, 5.41) is 13.6. The molecule has 0 saturated carbocycles. The lowest BCUT2D eigenvalue weighted by Crippen LogP contribution is -2.13. The molecule has 0 aliphatic carbocycles. The molecule has 76 valence electrons. The van der Waals surface area contributed by atoms with Gasteiger partial charge in [-0.3, -0.25) is 10.1 Å². The third kappa shape index (κ3) is 2.81. The molecule has 0 amide bonds. The lowest BCUT2D eigenvalue weighted by atomic mass is 10.2. The van der Waals surface area contributed by atoms with Crippen LogP contribution < -0.4 is 11.1 Å². The highest BCUT2D eigenvalue weighted by Gasteiger charge is 2.12. The Hall–Kier alpha value is -0.890. The van der Waals surface area contributed by atoms with Gasteiger partial charge in [-0.2, -0.15) is 0 Å². The molecule has 5 nitrogen and oxygen atoms in total. The first-order valence-corrected chi connectivity index (χ1v) is 5.11. The standard InChI is InChI=1S/C8H10IN3O2/c9-6-1-2-7(11-4-3-10)8(5-6)12(13)14/h1-2,5,11H,3-4,10H2. The van der Waals surface area contributed by atoms with Gasteiger partial charge >= 0.3 is 0 Å². The zero-order chi connectivity index (χ0) is 10.6. The maximum absolute atomic E-state index is 10.7. The van der Waals surface area contributed by atoms with Crippen molar-refractivity contribution in [1.29, 1.82) is 0 Å². The summed E-state index contributed by atoms with van der Waals surface area (Å²) < 4.78 is 0.840. The van der Waals surface area contributed by atoms with Gasteiger partial charge in [0, 0.05) is 22.7 Å². The molecule has 0 aliphatic rings. The molecule has 0 unspecified atom stereocenters. The Morgan fingerprint density at radius 2 is 2.29 bits per heavy atom. The number of nitrogens with two attached hydrogens (primary N) is 1. The summed E-state index contributed by atoms with van der Waals surface area (Å²) in [6.45, 7) is 0.977. The van der Waals surface area contributed by atoms with E-state index >= 15 is 0 Å². The monoisotopic (exact) mass is 307 g/mol. The Labute approximate surface area is 95.0 Å². The quantitative estimate of drug-likeness (QED) is 0.502. The lowest BCUT2D eigenvalue weighted by Gasteiger charge is -2.05. The number of nitrogens with zero attached hydrogens (tertiary/aromatic N) is 1. The van der Waals surface area contributed by atoms with Crippen LogP contribution in [0.25, 0.3) is 0 Å². The highest BCUT2D eigenvalue weighted by Crippen LogP contribution is 2.25. The van der Waals surface area contributed by atoms with Crippen LogP contribution in [0.5, 0.6) is 0 Å². The fraction of sp³-hybridized carbons (Fsp3) is 0.250. The highest BCUT2D eigenvalue weighted by atomic mass is 127. The third-order valence-corrected chi connectivity index (χ3v) is 2.29. The number of nitro benzene ring substituents is 1. The van der Waals surface area contributed by atoms with Crippen LogP contribution in [-0.4, -0.2) is 18.0 Å². The van der Waals surface area contributed by atoms with Crippen LogP contribution in [0.4, 0.5) is 11.4 Å². The van der Waals surface area contributed by atoms with E-state index in [-0.39, 0.29) is 5.69 Å². The number of benzene rings is 1. The van der Waals surface area contributed by atoms with E-state index in [1.54, 1.807) is 6.07 Å². The second-order valence-electron chi connectivity index (χ2n) is 2.63. The van der Waals surface area contributed by atoms with Crippen LogP contribution in [0.3, 0.4) is 0 Å². The maximum Gasteiger partial charge on any atom is 0.293 e. The zero-order valence-electron chi connectivity index (χ0n) is 7.37. The van der Waals surface area contributed by atoms with E-state index in [9.17, 15) is 10.1 Å². The predicted molar refractivity (Wildman–Crippen MR) is 63.4 cm³/mol. The molecule has 0 atom stereocenters. The number of rotatable bonds is 4. The van der Waals surface area contributed by atoms with E-state index in [0.717, 1.165) is 3.57 Å². The second kappa shape index (κ2) is 5.11. The predicted octanol–water partition coefficient (Wildman–Crippen LogP) is 1.57. The first-order valence-electron chi connectivity index (χ1n) is 4.03. The van der Waals surface area contributed by atoms with Crippen LogP contribution in [-0.2, 0) is 0 Å². The minimum atomic E-state index is -0.402. The fourth-order valence-corrected chi connectivity index (χ4v) is 1.49. The number of anilines is 1. The molecule has 14 heavy (non-hydrogen) atoms. The summed E-state index contributed by atoms with van der Waals surface area (Å²) in [7, 11) is 0. The summed E-state index contributed by atoms with van der Waals surface area (Å²) in [6, 6.07) is 5.03. The van der Waals surface area contributed by atoms with Crippen molar-refractivity contribution in [2.45, 2.75) is 0 Å². The van der Waals surface area contributed by atoms with E-state index in [2.05, 4.69) is 5.32 Å². The largest absolute Gasteiger partial charge is 0.378 e. The average Bonchev–Trinajstić information content (AvgIpc) is 2.15. The molecule has 0 aromatic heterocycles. The van der Waals surface area contributed by atoms with Crippen molar-refractivity contribution >= 4 is 34.0 Å². The molecule has 0 bridgehead atoms. The molecule has 0 fully saturated rings. The van der Waals surface area contributed by atoms with E-state index < -0.39 is 4.92 Å². The van der Waals surface area contributed by atoms with Gasteiger partial charge in [0.2, 0.25) is 0 Å². The summed E-state index contributed by atoms with van der Waals surface area (Å²) in [4.78, 5) is 10.3. The molecule has 0 radical (unpaired) electrons. The van der Waals surface area contributed by atoms with E-state index in [1.165, 1.54) is 6.07 Å². The molecule has 1 aromatic carbocycles. The van der Waals surface area contributed by atoms with Crippen molar-refractivity contribution in [3.05, 3.63) is 31.9 Å². The van der Waals surface area contributed by atoms with Crippen LogP contribution >= 0.6 is 22.6 Å². The van der Waals surface area contributed by atoms with Gasteiger partial charge < -0.3 is 11.1 Å². The molecule has 1 rings (SSSR count). The molecular formula is C8H10IN3O2. The SMILES string of the molecule is NCCNc1ccc(I)cc1[N+](=O)[O-]. The van der Waals surface area contributed by atoms with Gasteiger partial charge in [-0.1, -0.05) is 0 Å². The van der Waals surface area contributed by atoms with Gasteiger partial charge in [0.25, 0.3) is 5.69 Å². The van der Waals surface area contributed by atoms with Gasteiger partial charge in [-0.25, -0.2) is 0 Å². The van der Waals surface area contributed by atoms with Crippen molar-refractivity contribution in [3.63, 3.8) is 0 Å². The molecule has 1 aromatic rings. The Morgan fingerprint density at radius 3 is 2.86 bits per heavy atom. The molecule has 6 heteroatoms. The maximum atomic E-state index is 10.7. The summed E-state index contributed by atoms with van der Waals surface area (Å²) >= 11 is 2.04. The Kier molecular flexibility index (Phi) is 4.08. The lowest BCUT2D eigenvalue weighted by molar-refractivity contribution is -0.384. The number of hydrogen-bond acceptors (Lipinski definition) is 4. The van der Waals surface area contributed by atoms with Crippen molar-refractivity contribution in [2.75, 3.05) is 18.4 Å². The Balaban J connectivity index is 2.96. The van der Waals surface area contributed by atoms with E-state index in [1.807, 2.05) is 28.7 Å². The topological polar surface area (TPSA) is 81.2 Å². The van der Waals surface area contributed by atoms with E-state index in [4.69, 9.17) is 5.73 Å². The van der Waals surface area contributed by atoms with Crippen molar-refractivity contribution in [3.8, 4) is 0 Å². The van der Waals surface area contributed by atoms with Crippen LogP contribution in [0.2, 0.25) is 0 Å². The number of nitro groups is 1. The molecular weight excluding hydrogens is 297 g/mol. The fourth-order valence-electron chi connectivity index (χ4n) is 1.01. The minimum absolute atomic E-state index is 0.0883. The smallest absolute Gasteiger partial charge is 0.293 e. The average molecular weight is 307 g/mol. The van der Waals surface area contributed by atoms with Gasteiger partial charge in [-0.05, 0) is 34.7 Å². The van der Waals surface area contributed by atoms with Gasteiger partial charge in [0.15, 0.2) is 0 Å². The molecule has 0 spiro atoms. The van der Waals surface area contributed by atoms with Crippen LogP contribution in [0, 0.1) is 13.7 Å². The van der Waals surface area contributed by atoms with Crippen LogP contribution in [0.15, 0.2) is 18.2 Å². The molecule has 0 aliphatic heterocycles. The molecule has 0 heterocycles. The summed E-state index contributed by atoms with van der Waals surface area (Å²) in [5.41, 5.74) is 5.90. The Morgan fingerprint density at radius 1 is 1.57 bits per heavy atom. The first-order chi connectivity index (χ1) is 6.65. The van der Waals surface area contributed by atoms with Gasteiger partial charge in [-0.15, -0.1) is 0 Å². The number of halogens is 1. The zero-order valence-corrected chi connectivity index (χ0v) is 9.52. The summed E-state index contributed by atoms with van der Waals surface area (Å²) in [6.07, 6.45) is 0. The van der Waals surface area contributed by atoms with Gasteiger partial charge in [0.05, 0.1) is 4.92 Å². The minimum Gasteiger partial charge on any atom is -0.378 e. The van der Waals surface area contributed by atoms with Crippen LogP contribution in [0.1, 0.15) is 0 Å². The molecule has 0 saturated heterocycles. The number of nitrogens with one attached hydrogen (secondary N) is 1. The first kappa shape index (κ1) is 11.2. The van der Waals surface area contributed by atoms with E-state index in [0.29, 0.717) is 18.8 Å². The van der Waals surface area contributed by atoms with Crippen molar-refractivity contribution in [1.82, 2.24) is 0 Å². The highest BCUT2D eigenvalue weighted by molar-refractivity contribution is 14.1. The molecule has 3 N–H and O–H groups in total. The third-order valence-electron chi connectivity index (χ3n) is 1.62. The Bertz CT molecular complexity index is 343. The van der Waals surface area contributed by atoms with Crippen molar-refractivity contribution in [2.24, 2.45) is 5.73 Å².